The van der Waals surface area contributed by atoms with Gasteiger partial charge in [-0.2, -0.15) is 5.10 Å². The van der Waals surface area contributed by atoms with Crippen LogP contribution in [0, 0.1) is 31.6 Å². The molecule has 0 N–H and O–H groups in total. The van der Waals surface area contributed by atoms with Gasteiger partial charge in [0.1, 0.15) is 0 Å². The largest absolute Gasteiger partial charge is 0.269 e. The molecule has 1 heterocycles. The van der Waals surface area contributed by atoms with Crippen LogP contribution < -0.4 is 0 Å². The molecule has 2 nitrogen and oxygen atoms in total. The Morgan fingerprint density at radius 1 is 1.33 bits per heavy atom. The van der Waals surface area contributed by atoms with Gasteiger partial charge in [0.2, 0.25) is 0 Å². The van der Waals surface area contributed by atoms with Gasteiger partial charge < -0.3 is 0 Å². The number of nitrogens with zero attached hydrogens (tertiary/aromatic N) is 2. The predicted molar refractivity (Wildman–Crippen MR) is 74.9 cm³/mol. The summed E-state index contributed by atoms with van der Waals surface area (Å²) in [7, 11) is 0. The van der Waals surface area contributed by atoms with E-state index < -0.39 is 0 Å². The number of hydrogen-bond donors (Lipinski definition) is 0. The average molecular weight is 267 g/mol. The third kappa shape index (κ3) is 1.99. The maximum atomic E-state index is 6.25. The van der Waals surface area contributed by atoms with Crippen LogP contribution in [0.15, 0.2) is 0 Å². The summed E-state index contributed by atoms with van der Waals surface area (Å²) in [6, 6.07) is 0. The standard InChI is InChI=1S/C15H23ClN2/c1-9(16)15-10(2)17-18(11(15)3)8-14-7-12-4-5-13(14)6-12/h9,12-14H,4-8H2,1-3H3. The van der Waals surface area contributed by atoms with Crippen molar-refractivity contribution in [3.8, 4) is 0 Å². The molecule has 4 unspecified atom stereocenters. The number of alkyl halides is 1. The first-order valence-electron chi connectivity index (χ1n) is 7.24. The van der Waals surface area contributed by atoms with E-state index in [-0.39, 0.29) is 5.38 Å². The summed E-state index contributed by atoms with van der Waals surface area (Å²) in [5.41, 5.74) is 3.62. The maximum absolute atomic E-state index is 6.25. The molecule has 0 aromatic carbocycles. The fraction of sp³-hybridized carbons (Fsp3) is 0.800. The van der Waals surface area contributed by atoms with Gasteiger partial charge in [0.05, 0.1) is 11.1 Å². The highest BCUT2D eigenvalue weighted by atomic mass is 35.5. The molecule has 3 rings (SSSR count). The van der Waals surface area contributed by atoms with Crippen molar-refractivity contribution >= 4 is 11.6 Å². The summed E-state index contributed by atoms with van der Waals surface area (Å²) in [4.78, 5) is 0. The van der Waals surface area contributed by atoms with Gasteiger partial charge in [0, 0.05) is 17.8 Å². The van der Waals surface area contributed by atoms with Crippen LogP contribution in [0.2, 0.25) is 0 Å². The lowest BCUT2D eigenvalue weighted by Gasteiger charge is -2.22. The molecule has 4 atom stereocenters. The third-order valence-corrected chi connectivity index (χ3v) is 5.35. The lowest BCUT2D eigenvalue weighted by Crippen LogP contribution is -2.19. The van der Waals surface area contributed by atoms with Gasteiger partial charge in [-0.1, -0.05) is 6.42 Å². The van der Waals surface area contributed by atoms with Gasteiger partial charge in [-0.3, -0.25) is 4.68 Å². The SMILES string of the molecule is Cc1nn(CC2CC3CCC2C3)c(C)c1C(C)Cl. The van der Waals surface area contributed by atoms with Crippen LogP contribution in [0.5, 0.6) is 0 Å². The monoisotopic (exact) mass is 266 g/mol. The zero-order valence-corrected chi connectivity index (χ0v) is 12.4. The van der Waals surface area contributed by atoms with Gasteiger partial charge in [-0.25, -0.2) is 0 Å². The Hall–Kier alpha value is -0.500. The van der Waals surface area contributed by atoms with Crippen molar-refractivity contribution < 1.29 is 0 Å². The summed E-state index contributed by atoms with van der Waals surface area (Å²) in [5.74, 6) is 2.85. The first-order valence-corrected chi connectivity index (χ1v) is 7.68. The molecule has 1 aromatic rings. The molecule has 2 fully saturated rings. The summed E-state index contributed by atoms with van der Waals surface area (Å²) < 4.78 is 2.22. The molecular formula is C15H23ClN2. The van der Waals surface area contributed by atoms with Gasteiger partial charge in [0.15, 0.2) is 0 Å². The molecule has 2 saturated carbocycles. The molecule has 1 aromatic heterocycles. The number of hydrogen-bond acceptors (Lipinski definition) is 1. The van der Waals surface area contributed by atoms with E-state index in [1.54, 1.807) is 0 Å². The van der Waals surface area contributed by atoms with Crippen LogP contribution >= 0.6 is 11.6 Å². The molecule has 0 amide bonds. The topological polar surface area (TPSA) is 17.8 Å². The molecule has 2 aliphatic rings. The summed E-state index contributed by atoms with van der Waals surface area (Å²) in [6.07, 6.45) is 5.83. The van der Waals surface area contributed by atoms with E-state index in [1.165, 1.54) is 36.9 Å². The zero-order valence-electron chi connectivity index (χ0n) is 11.6. The van der Waals surface area contributed by atoms with E-state index in [4.69, 9.17) is 16.7 Å². The van der Waals surface area contributed by atoms with Crippen LogP contribution in [0.25, 0.3) is 0 Å². The van der Waals surface area contributed by atoms with Crippen molar-refractivity contribution in [1.29, 1.82) is 0 Å². The second-order valence-corrected chi connectivity index (χ2v) is 6.97. The maximum Gasteiger partial charge on any atom is 0.0643 e. The van der Waals surface area contributed by atoms with Crippen molar-refractivity contribution in [2.24, 2.45) is 17.8 Å². The highest BCUT2D eigenvalue weighted by Crippen LogP contribution is 2.49. The number of fused-ring (bicyclic) bond motifs is 2. The quantitative estimate of drug-likeness (QED) is 0.749. The van der Waals surface area contributed by atoms with Crippen LogP contribution in [-0.2, 0) is 6.54 Å². The second kappa shape index (κ2) is 4.56. The Morgan fingerprint density at radius 3 is 2.61 bits per heavy atom. The number of aryl methyl sites for hydroxylation is 1. The smallest absolute Gasteiger partial charge is 0.0643 e. The summed E-state index contributed by atoms with van der Waals surface area (Å²) in [6.45, 7) is 7.40. The zero-order chi connectivity index (χ0) is 12.9. The number of halogens is 1. The molecule has 3 heteroatoms. The van der Waals surface area contributed by atoms with Gasteiger partial charge in [-0.05, 0) is 57.8 Å². The Labute approximate surface area is 115 Å². The first-order chi connectivity index (χ1) is 8.56. The molecule has 18 heavy (non-hydrogen) atoms. The van der Waals surface area contributed by atoms with Crippen LogP contribution in [-0.4, -0.2) is 9.78 Å². The second-order valence-electron chi connectivity index (χ2n) is 6.32. The minimum absolute atomic E-state index is 0.0683. The first kappa shape index (κ1) is 12.5. The van der Waals surface area contributed by atoms with Gasteiger partial charge >= 0.3 is 0 Å². The minimum atomic E-state index is 0.0683. The molecule has 2 bridgehead atoms. The van der Waals surface area contributed by atoms with E-state index in [1.807, 2.05) is 6.92 Å². The van der Waals surface area contributed by atoms with E-state index in [0.29, 0.717) is 0 Å². The number of rotatable bonds is 3. The normalized spacial score (nSPS) is 32.1. The third-order valence-electron chi connectivity index (χ3n) is 5.13. The fourth-order valence-corrected chi connectivity index (χ4v) is 4.60. The Balaban J connectivity index is 1.79. The van der Waals surface area contributed by atoms with Crippen molar-refractivity contribution in [2.75, 3.05) is 0 Å². The minimum Gasteiger partial charge on any atom is -0.269 e. The predicted octanol–water partition coefficient (Wildman–Crippen LogP) is 4.24. The Bertz CT molecular complexity index is 450. The fourth-order valence-electron chi connectivity index (χ4n) is 4.29. The molecular weight excluding hydrogens is 244 g/mol. The van der Waals surface area contributed by atoms with E-state index in [2.05, 4.69) is 18.5 Å². The van der Waals surface area contributed by atoms with E-state index in [0.717, 1.165) is 30.0 Å². The van der Waals surface area contributed by atoms with Gasteiger partial charge in [0.25, 0.3) is 0 Å². The van der Waals surface area contributed by atoms with Crippen LogP contribution in [0.4, 0.5) is 0 Å². The Kier molecular flexibility index (Phi) is 3.17. The van der Waals surface area contributed by atoms with Crippen LogP contribution in [0.3, 0.4) is 0 Å². The lowest BCUT2D eigenvalue weighted by atomic mass is 9.89. The summed E-state index contributed by atoms with van der Waals surface area (Å²) >= 11 is 6.25. The lowest BCUT2D eigenvalue weighted by molar-refractivity contribution is 0.283. The van der Waals surface area contributed by atoms with Crippen LogP contribution in [0.1, 0.15) is 54.9 Å². The molecule has 0 saturated heterocycles. The van der Waals surface area contributed by atoms with Crippen molar-refractivity contribution in [2.45, 2.75) is 58.4 Å². The van der Waals surface area contributed by atoms with Gasteiger partial charge in [-0.15, -0.1) is 11.6 Å². The van der Waals surface area contributed by atoms with E-state index in [9.17, 15) is 0 Å². The molecule has 2 aliphatic carbocycles. The molecule has 0 radical (unpaired) electrons. The Morgan fingerprint density at radius 2 is 2.11 bits per heavy atom. The number of aromatic nitrogens is 2. The summed E-state index contributed by atoms with van der Waals surface area (Å²) in [5, 5.41) is 4.78. The highest BCUT2D eigenvalue weighted by Gasteiger charge is 2.39. The van der Waals surface area contributed by atoms with E-state index >= 15 is 0 Å². The van der Waals surface area contributed by atoms with Crippen molar-refractivity contribution in [3.63, 3.8) is 0 Å². The molecule has 0 spiro atoms. The molecule has 100 valence electrons. The molecule has 0 aliphatic heterocycles. The average Bonchev–Trinajstić information content (AvgIpc) is 2.94. The van der Waals surface area contributed by atoms with Crippen molar-refractivity contribution in [3.05, 3.63) is 17.0 Å². The highest BCUT2D eigenvalue weighted by molar-refractivity contribution is 6.20. The van der Waals surface area contributed by atoms with Crippen molar-refractivity contribution in [1.82, 2.24) is 9.78 Å².